The zero-order valence-electron chi connectivity index (χ0n) is 15.6. The number of nitrogens with one attached hydrogen (secondary N) is 1. The van der Waals surface area contributed by atoms with E-state index in [0.717, 1.165) is 12.8 Å². The van der Waals surface area contributed by atoms with Crippen LogP contribution in [-0.4, -0.2) is 47.0 Å². The molecule has 1 aliphatic rings. The number of carbonyl (C=O) groups excluding carboxylic acids is 2. The Balaban J connectivity index is 0.000000396. The second-order valence-corrected chi connectivity index (χ2v) is 6.31. The van der Waals surface area contributed by atoms with Crippen LogP contribution in [0.5, 0.6) is 5.75 Å². The van der Waals surface area contributed by atoms with Gasteiger partial charge in [-0.3, -0.25) is 9.59 Å². The van der Waals surface area contributed by atoms with Gasteiger partial charge in [0.2, 0.25) is 0 Å². The molecule has 0 saturated heterocycles. The van der Waals surface area contributed by atoms with Crippen LogP contribution in [0.25, 0.3) is 0 Å². The maximum atomic E-state index is 12.8. The number of benzene rings is 2. The van der Waals surface area contributed by atoms with Gasteiger partial charge in [0.25, 0.3) is 0 Å². The highest BCUT2D eigenvalue weighted by molar-refractivity contribution is 6.31. The van der Waals surface area contributed by atoms with Crippen molar-refractivity contribution < 1.29 is 37.8 Å². The van der Waals surface area contributed by atoms with Crippen LogP contribution >= 0.6 is 0 Å². The van der Waals surface area contributed by atoms with Gasteiger partial charge in [0.05, 0.1) is 11.1 Å². The number of alkyl halides is 3. The molecule has 0 aliphatic heterocycles. The number of hydrogen-bond donors (Lipinski definition) is 4. The first kappa shape index (κ1) is 22.9. The minimum absolute atomic E-state index is 0.0810. The lowest BCUT2D eigenvalue weighted by molar-refractivity contribution is -0.192. The molecular formula is C20H19F3N2O5. The van der Waals surface area contributed by atoms with E-state index in [9.17, 15) is 27.9 Å². The summed E-state index contributed by atoms with van der Waals surface area (Å²) < 4.78 is 31.7. The molecule has 0 radical (unpaired) electrons. The Kier molecular flexibility index (Phi) is 7.17. The minimum Gasteiger partial charge on any atom is -0.507 e. The maximum Gasteiger partial charge on any atom is 0.490 e. The molecule has 5 N–H and O–H groups in total. The average Bonchev–Trinajstić information content (AvgIpc) is 2.70. The van der Waals surface area contributed by atoms with Crippen molar-refractivity contribution in [2.75, 3.05) is 18.4 Å². The molecule has 0 saturated carbocycles. The van der Waals surface area contributed by atoms with Crippen LogP contribution < -0.4 is 11.1 Å². The van der Waals surface area contributed by atoms with E-state index in [1.165, 1.54) is 6.07 Å². The monoisotopic (exact) mass is 424 g/mol. The number of carbonyl (C=O) groups is 3. The summed E-state index contributed by atoms with van der Waals surface area (Å²) in [6.45, 7) is 1.26. The number of carboxylic acid groups (broad SMARTS) is 1. The van der Waals surface area contributed by atoms with E-state index in [-0.39, 0.29) is 28.4 Å². The number of phenols is 1. The van der Waals surface area contributed by atoms with Gasteiger partial charge >= 0.3 is 12.1 Å². The first-order valence-corrected chi connectivity index (χ1v) is 8.88. The van der Waals surface area contributed by atoms with Crippen LogP contribution in [0.1, 0.15) is 44.7 Å². The number of aromatic hydroxyl groups is 1. The second-order valence-electron chi connectivity index (χ2n) is 6.31. The Hall–Kier alpha value is -3.40. The van der Waals surface area contributed by atoms with Crippen LogP contribution in [0.3, 0.4) is 0 Å². The van der Waals surface area contributed by atoms with Gasteiger partial charge < -0.3 is 21.3 Å². The molecule has 10 heteroatoms. The molecule has 1 aliphatic carbocycles. The lowest BCUT2D eigenvalue weighted by Crippen LogP contribution is -2.23. The number of unbranched alkanes of at least 4 members (excludes halogenated alkanes) is 1. The van der Waals surface area contributed by atoms with Crippen LogP contribution in [0.4, 0.5) is 18.9 Å². The van der Waals surface area contributed by atoms with Gasteiger partial charge in [-0.15, -0.1) is 0 Å². The Labute approximate surface area is 169 Å². The third-order valence-electron chi connectivity index (χ3n) is 4.24. The lowest BCUT2D eigenvalue weighted by Gasteiger charge is -2.21. The largest absolute Gasteiger partial charge is 0.507 e. The molecule has 0 aromatic heterocycles. The van der Waals surface area contributed by atoms with E-state index in [1.807, 2.05) is 0 Å². The molecule has 0 heterocycles. The molecule has 0 fully saturated rings. The van der Waals surface area contributed by atoms with Gasteiger partial charge in [-0.25, -0.2) is 4.79 Å². The van der Waals surface area contributed by atoms with Gasteiger partial charge in [0.1, 0.15) is 5.75 Å². The third-order valence-corrected chi connectivity index (χ3v) is 4.24. The molecule has 3 rings (SSSR count). The summed E-state index contributed by atoms with van der Waals surface area (Å²) in [6, 6.07) is 9.77. The number of halogens is 3. The summed E-state index contributed by atoms with van der Waals surface area (Å²) in [5, 5.41) is 20.4. The number of hydrogen-bond acceptors (Lipinski definition) is 6. The molecular weight excluding hydrogens is 405 g/mol. The predicted molar refractivity (Wildman–Crippen MR) is 102 cm³/mol. The number of ketones is 2. The summed E-state index contributed by atoms with van der Waals surface area (Å²) in [6.07, 6.45) is -3.34. The Morgan fingerprint density at radius 3 is 2.00 bits per heavy atom. The van der Waals surface area contributed by atoms with Crippen molar-refractivity contribution in [3.05, 3.63) is 58.7 Å². The number of anilines is 1. The van der Waals surface area contributed by atoms with Gasteiger partial charge in [-0.05, 0) is 31.5 Å². The molecule has 2 aromatic carbocycles. The number of aliphatic carboxylic acids is 1. The Morgan fingerprint density at radius 2 is 1.50 bits per heavy atom. The average molecular weight is 424 g/mol. The molecule has 7 nitrogen and oxygen atoms in total. The van der Waals surface area contributed by atoms with E-state index < -0.39 is 12.1 Å². The molecule has 2 aromatic rings. The van der Waals surface area contributed by atoms with Crippen LogP contribution in [0.2, 0.25) is 0 Å². The Bertz CT molecular complexity index is 973. The standard InChI is InChI=1S/C18H18N2O3.C2HF3O2/c19-9-3-4-10-20-13-7-8-14(21)16-15(13)17(22)11-5-1-2-6-12(11)18(16)23;3-2(4,5)1(6)7/h1-2,5-8,20-21H,3-4,9-10,19H2;(H,6,7). The number of fused-ring (bicyclic) bond motifs is 2. The third kappa shape index (κ3) is 4.95. The van der Waals surface area contributed by atoms with E-state index in [1.54, 1.807) is 30.3 Å². The van der Waals surface area contributed by atoms with Gasteiger partial charge in [-0.1, -0.05) is 24.3 Å². The van der Waals surface area contributed by atoms with Crippen molar-refractivity contribution in [3.8, 4) is 5.75 Å². The first-order chi connectivity index (χ1) is 14.1. The fraction of sp³-hybridized carbons (Fsp3) is 0.250. The summed E-state index contributed by atoms with van der Waals surface area (Å²) in [5.41, 5.74) is 7.09. The molecule has 0 spiro atoms. The van der Waals surface area contributed by atoms with Crippen molar-refractivity contribution >= 4 is 23.2 Å². The quantitative estimate of drug-likeness (QED) is 0.366. The zero-order valence-corrected chi connectivity index (χ0v) is 15.6. The smallest absolute Gasteiger partial charge is 0.490 e. The molecule has 0 unspecified atom stereocenters. The van der Waals surface area contributed by atoms with Crippen molar-refractivity contribution in [2.24, 2.45) is 5.73 Å². The summed E-state index contributed by atoms with van der Waals surface area (Å²) in [7, 11) is 0. The SMILES string of the molecule is NCCCCNc1ccc(O)c2c1C(=O)c1ccccc1C2=O.O=C(O)C(F)(F)F. The summed E-state index contributed by atoms with van der Waals surface area (Å²) in [5.74, 6) is -3.49. The highest BCUT2D eigenvalue weighted by atomic mass is 19.4. The van der Waals surface area contributed by atoms with Crippen LogP contribution in [-0.2, 0) is 4.79 Å². The van der Waals surface area contributed by atoms with Crippen molar-refractivity contribution in [1.29, 1.82) is 0 Å². The normalized spacial score (nSPS) is 12.4. The number of rotatable bonds is 5. The van der Waals surface area contributed by atoms with Gasteiger partial charge in [-0.2, -0.15) is 13.2 Å². The highest BCUT2D eigenvalue weighted by Crippen LogP contribution is 2.36. The van der Waals surface area contributed by atoms with Crippen molar-refractivity contribution in [1.82, 2.24) is 0 Å². The molecule has 0 amide bonds. The molecule has 30 heavy (non-hydrogen) atoms. The van der Waals surface area contributed by atoms with Gasteiger partial charge in [0, 0.05) is 23.4 Å². The minimum atomic E-state index is -5.08. The topological polar surface area (TPSA) is 130 Å². The highest BCUT2D eigenvalue weighted by Gasteiger charge is 2.38. The van der Waals surface area contributed by atoms with Gasteiger partial charge in [0.15, 0.2) is 11.6 Å². The second kappa shape index (κ2) is 9.40. The fourth-order valence-electron chi connectivity index (χ4n) is 2.85. The van der Waals surface area contributed by atoms with E-state index in [4.69, 9.17) is 15.6 Å². The van der Waals surface area contributed by atoms with Crippen LogP contribution in [0.15, 0.2) is 36.4 Å². The number of phenolic OH excluding ortho intramolecular Hbond substituents is 1. The first-order valence-electron chi connectivity index (χ1n) is 8.88. The number of nitrogens with two attached hydrogens (primary N) is 1. The molecule has 0 atom stereocenters. The Morgan fingerprint density at radius 1 is 0.967 bits per heavy atom. The maximum absolute atomic E-state index is 12.8. The fourth-order valence-corrected chi connectivity index (χ4v) is 2.85. The van der Waals surface area contributed by atoms with E-state index in [0.29, 0.717) is 29.9 Å². The van der Waals surface area contributed by atoms with E-state index in [2.05, 4.69) is 5.32 Å². The zero-order chi connectivity index (χ0) is 22.5. The number of carboxylic acids is 1. The van der Waals surface area contributed by atoms with Crippen molar-refractivity contribution in [3.63, 3.8) is 0 Å². The molecule has 0 bridgehead atoms. The van der Waals surface area contributed by atoms with E-state index >= 15 is 0 Å². The van der Waals surface area contributed by atoms with Crippen molar-refractivity contribution in [2.45, 2.75) is 19.0 Å². The molecule has 160 valence electrons. The predicted octanol–water partition coefficient (Wildman–Crippen LogP) is 2.95. The summed E-state index contributed by atoms with van der Waals surface area (Å²) >= 11 is 0. The summed E-state index contributed by atoms with van der Waals surface area (Å²) in [4.78, 5) is 34.3. The lowest BCUT2D eigenvalue weighted by atomic mass is 9.82. The van der Waals surface area contributed by atoms with Crippen LogP contribution in [0, 0.1) is 0 Å².